The molecule has 16 heavy (non-hydrogen) atoms. The van der Waals surface area contributed by atoms with E-state index >= 15 is 0 Å². The number of nitrogens with zero attached hydrogens (tertiary/aromatic N) is 1. The molecule has 0 spiro atoms. The zero-order valence-electron chi connectivity index (χ0n) is 9.04. The highest BCUT2D eigenvalue weighted by Crippen LogP contribution is 2.22. The van der Waals surface area contributed by atoms with E-state index in [1.54, 1.807) is 0 Å². The van der Waals surface area contributed by atoms with Crippen LogP contribution in [0, 0.1) is 6.92 Å². The lowest BCUT2D eigenvalue weighted by molar-refractivity contribution is 0.0792. The minimum atomic E-state index is 0.140. The summed E-state index contributed by atoms with van der Waals surface area (Å²) in [5.41, 5.74) is 1.84. The van der Waals surface area contributed by atoms with Crippen LogP contribution in [0.15, 0.2) is 22.7 Å². The van der Waals surface area contributed by atoms with Gasteiger partial charge in [-0.1, -0.05) is 37.9 Å². The molecule has 1 heterocycles. The van der Waals surface area contributed by atoms with Gasteiger partial charge in [0, 0.05) is 28.0 Å². The van der Waals surface area contributed by atoms with Crippen LogP contribution in [-0.2, 0) is 0 Å². The lowest BCUT2D eigenvalue weighted by Gasteiger charge is -2.17. The van der Waals surface area contributed by atoms with Gasteiger partial charge in [-0.25, -0.2) is 0 Å². The van der Waals surface area contributed by atoms with Crippen molar-refractivity contribution < 1.29 is 4.79 Å². The van der Waals surface area contributed by atoms with Crippen molar-refractivity contribution in [2.45, 2.75) is 18.2 Å². The van der Waals surface area contributed by atoms with Crippen LogP contribution in [0.1, 0.15) is 22.3 Å². The fourth-order valence-electron chi connectivity index (χ4n) is 1.90. The van der Waals surface area contributed by atoms with Crippen molar-refractivity contribution in [2.24, 2.45) is 0 Å². The summed E-state index contributed by atoms with van der Waals surface area (Å²) in [4.78, 5) is 14.6. The normalized spacial score (nSPS) is 20.2. The van der Waals surface area contributed by atoms with Gasteiger partial charge in [-0.2, -0.15) is 0 Å². The van der Waals surface area contributed by atoms with Gasteiger partial charge >= 0.3 is 0 Å². The van der Waals surface area contributed by atoms with Gasteiger partial charge in [0.1, 0.15) is 0 Å². The van der Waals surface area contributed by atoms with Crippen molar-refractivity contribution in [1.29, 1.82) is 0 Å². The minimum absolute atomic E-state index is 0.140. The van der Waals surface area contributed by atoms with Gasteiger partial charge in [-0.3, -0.25) is 4.79 Å². The number of hydrogen-bond acceptors (Lipinski definition) is 1. The number of hydrogen-bond donors (Lipinski definition) is 0. The second-order valence-electron chi connectivity index (χ2n) is 4.10. The van der Waals surface area contributed by atoms with Crippen molar-refractivity contribution in [3.63, 3.8) is 0 Å². The molecule has 1 amide bonds. The molecule has 0 bridgehead atoms. The third kappa shape index (κ3) is 2.48. The molecule has 0 saturated carbocycles. The van der Waals surface area contributed by atoms with Gasteiger partial charge in [0.25, 0.3) is 5.91 Å². The number of alkyl halides is 1. The van der Waals surface area contributed by atoms with Crippen LogP contribution in [0.25, 0.3) is 0 Å². The fourth-order valence-corrected chi connectivity index (χ4v) is 2.81. The molecule has 1 aromatic rings. The Kier molecular flexibility index (Phi) is 3.70. The van der Waals surface area contributed by atoms with Crippen molar-refractivity contribution >= 4 is 37.8 Å². The van der Waals surface area contributed by atoms with E-state index in [1.807, 2.05) is 30.0 Å². The van der Waals surface area contributed by atoms with Crippen LogP contribution in [0.4, 0.5) is 0 Å². The van der Waals surface area contributed by atoms with Gasteiger partial charge < -0.3 is 4.90 Å². The number of carbonyl (C=O) groups is 1. The Bertz CT molecular complexity index is 419. The highest BCUT2D eigenvalue weighted by atomic mass is 79.9. The first-order chi connectivity index (χ1) is 7.58. The van der Waals surface area contributed by atoms with Crippen LogP contribution >= 0.6 is 31.9 Å². The lowest BCUT2D eigenvalue weighted by Crippen LogP contribution is -2.29. The van der Waals surface area contributed by atoms with E-state index < -0.39 is 0 Å². The predicted molar refractivity (Wildman–Crippen MR) is 72.1 cm³/mol. The van der Waals surface area contributed by atoms with Crippen LogP contribution in [0.3, 0.4) is 0 Å². The van der Waals surface area contributed by atoms with Crippen molar-refractivity contribution in [1.82, 2.24) is 4.90 Å². The first-order valence-corrected chi connectivity index (χ1v) is 6.98. The minimum Gasteiger partial charge on any atom is -0.337 e. The van der Waals surface area contributed by atoms with Crippen LogP contribution in [0.5, 0.6) is 0 Å². The molecule has 1 aromatic carbocycles. The molecule has 0 N–H and O–H groups in total. The standard InChI is InChI=1S/C12H13Br2NO/c1-8-2-3-9(13)6-11(8)12(16)15-5-4-10(14)7-15/h2-3,6,10H,4-5,7H2,1H3. The average molecular weight is 347 g/mol. The second kappa shape index (κ2) is 4.88. The number of halogens is 2. The first kappa shape index (κ1) is 12.1. The molecular formula is C12H13Br2NO. The fraction of sp³-hybridized carbons (Fsp3) is 0.417. The maximum absolute atomic E-state index is 12.2. The topological polar surface area (TPSA) is 20.3 Å². The Morgan fingerprint density at radius 2 is 2.25 bits per heavy atom. The van der Waals surface area contributed by atoms with E-state index in [-0.39, 0.29) is 5.91 Å². The quantitative estimate of drug-likeness (QED) is 0.714. The van der Waals surface area contributed by atoms with Gasteiger partial charge in [0.05, 0.1) is 0 Å². The molecule has 1 aliphatic rings. The van der Waals surface area contributed by atoms with E-state index in [0.29, 0.717) is 4.83 Å². The van der Waals surface area contributed by atoms with Crippen molar-refractivity contribution in [2.75, 3.05) is 13.1 Å². The van der Waals surface area contributed by atoms with Crippen molar-refractivity contribution in [3.8, 4) is 0 Å². The summed E-state index contributed by atoms with van der Waals surface area (Å²) in [5, 5.41) is 0. The summed E-state index contributed by atoms with van der Waals surface area (Å²) < 4.78 is 0.955. The molecule has 0 aromatic heterocycles. The third-order valence-electron chi connectivity index (χ3n) is 2.85. The number of rotatable bonds is 1. The lowest BCUT2D eigenvalue weighted by atomic mass is 10.1. The molecule has 1 atom stereocenters. The van der Waals surface area contributed by atoms with E-state index in [1.165, 1.54) is 0 Å². The van der Waals surface area contributed by atoms with Gasteiger partial charge in [0.2, 0.25) is 0 Å². The summed E-state index contributed by atoms with van der Waals surface area (Å²) in [5.74, 6) is 0.140. The van der Waals surface area contributed by atoms with Gasteiger partial charge in [-0.05, 0) is 31.0 Å². The Morgan fingerprint density at radius 1 is 1.50 bits per heavy atom. The number of amides is 1. The Balaban J connectivity index is 2.23. The van der Waals surface area contributed by atoms with Crippen LogP contribution in [-0.4, -0.2) is 28.7 Å². The predicted octanol–water partition coefficient (Wildman–Crippen LogP) is 3.37. The molecule has 2 rings (SSSR count). The summed E-state index contributed by atoms with van der Waals surface area (Å²) in [6, 6.07) is 5.83. The molecular weight excluding hydrogens is 334 g/mol. The molecule has 86 valence electrons. The average Bonchev–Trinajstić information content (AvgIpc) is 2.67. The summed E-state index contributed by atoms with van der Waals surface area (Å²) in [7, 11) is 0. The maximum Gasteiger partial charge on any atom is 0.254 e. The summed E-state index contributed by atoms with van der Waals surface area (Å²) >= 11 is 6.95. The molecule has 0 aliphatic carbocycles. The number of aryl methyl sites for hydroxylation is 1. The largest absolute Gasteiger partial charge is 0.337 e. The highest BCUT2D eigenvalue weighted by molar-refractivity contribution is 9.10. The summed E-state index contributed by atoms with van der Waals surface area (Å²) in [6.07, 6.45) is 1.04. The number of benzene rings is 1. The summed E-state index contributed by atoms with van der Waals surface area (Å²) in [6.45, 7) is 3.63. The molecule has 0 radical (unpaired) electrons. The van der Waals surface area contributed by atoms with Crippen molar-refractivity contribution in [3.05, 3.63) is 33.8 Å². The Morgan fingerprint density at radius 3 is 2.88 bits per heavy atom. The molecule has 2 nitrogen and oxygen atoms in total. The molecule has 1 fully saturated rings. The zero-order valence-corrected chi connectivity index (χ0v) is 12.2. The monoisotopic (exact) mass is 345 g/mol. The SMILES string of the molecule is Cc1ccc(Br)cc1C(=O)N1CCC(Br)C1. The second-order valence-corrected chi connectivity index (χ2v) is 6.31. The first-order valence-electron chi connectivity index (χ1n) is 5.27. The van der Waals surface area contributed by atoms with Gasteiger partial charge in [0.15, 0.2) is 0 Å². The van der Waals surface area contributed by atoms with E-state index in [0.717, 1.165) is 35.1 Å². The van der Waals surface area contributed by atoms with E-state index in [9.17, 15) is 4.79 Å². The molecule has 1 aliphatic heterocycles. The molecule has 1 saturated heterocycles. The van der Waals surface area contributed by atoms with E-state index in [4.69, 9.17) is 0 Å². The number of likely N-dealkylation sites (tertiary alicyclic amines) is 1. The van der Waals surface area contributed by atoms with Gasteiger partial charge in [-0.15, -0.1) is 0 Å². The third-order valence-corrected chi connectivity index (χ3v) is 4.09. The molecule has 4 heteroatoms. The maximum atomic E-state index is 12.2. The zero-order chi connectivity index (χ0) is 11.7. The van der Waals surface area contributed by atoms with Crippen LogP contribution in [0.2, 0.25) is 0 Å². The smallest absolute Gasteiger partial charge is 0.254 e. The molecule has 1 unspecified atom stereocenters. The highest BCUT2D eigenvalue weighted by Gasteiger charge is 2.25. The number of carbonyl (C=O) groups excluding carboxylic acids is 1. The Labute approximate surface area is 112 Å². The Hall–Kier alpha value is -0.350. The van der Waals surface area contributed by atoms with Crippen LogP contribution < -0.4 is 0 Å². The van der Waals surface area contributed by atoms with E-state index in [2.05, 4.69) is 31.9 Å².